The van der Waals surface area contributed by atoms with E-state index in [1.807, 2.05) is 13.8 Å². The average Bonchev–Trinajstić information content (AvgIpc) is 2.65. The van der Waals surface area contributed by atoms with Crippen molar-refractivity contribution in [3.05, 3.63) is 42.5 Å². The number of benzene rings is 1. The van der Waals surface area contributed by atoms with Gasteiger partial charge in [-0.3, -0.25) is 4.79 Å². The summed E-state index contributed by atoms with van der Waals surface area (Å²) in [6.07, 6.45) is 0.0468. The van der Waals surface area contributed by atoms with Crippen LogP contribution in [0.5, 0.6) is 0 Å². The molecule has 1 aliphatic rings. The van der Waals surface area contributed by atoms with Gasteiger partial charge in [-0.1, -0.05) is 12.1 Å². The Bertz CT molecular complexity index is 829. The van der Waals surface area contributed by atoms with E-state index in [0.717, 1.165) is 0 Å². The van der Waals surface area contributed by atoms with Gasteiger partial charge < -0.3 is 14.8 Å². The van der Waals surface area contributed by atoms with E-state index in [1.54, 1.807) is 0 Å². The molecule has 3 atom stereocenters. The Balaban J connectivity index is 2.15. The monoisotopic (exact) mass is 410 g/mol. The van der Waals surface area contributed by atoms with Crippen LogP contribution in [-0.4, -0.2) is 62.5 Å². The zero-order chi connectivity index (χ0) is 20.9. The molecule has 9 heteroatoms. The first kappa shape index (κ1) is 22.1. The molecular formula is C19H26N2O6S. The molecule has 1 aromatic rings. The van der Waals surface area contributed by atoms with Crippen LogP contribution in [0.15, 0.2) is 41.8 Å². The normalized spacial score (nSPS) is 21.5. The van der Waals surface area contributed by atoms with Crippen LogP contribution in [-0.2, 0) is 24.3 Å². The molecule has 1 fully saturated rings. The lowest BCUT2D eigenvalue weighted by Gasteiger charge is -2.34. The molecule has 1 saturated heterocycles. The Morgan fingerprint density at radius 3 is 2.61 bits per heavy atom. The molecule has 1 amide bonds. The highest BCUT2D eigenvalue weighted by molar-refractivity contribution is 7.89. The Kier molecular flexibility index (Phi) is 7.34. The van der Waals surface area contributed by atoms with Crippen molar-refractivity contribution in [2.45, 2.75) is 44.0 Å². The molecule has 28 heavy (non-hydrogen) atoms. The third-order valence-corrected chi connectivity index (χ3v) is 5.99. The number of hydrogen-bond acceptors (Lipinski definition) is 6. The lowest BCUT2D eigenvalue weighted by Crippen LogP contribution is -2.48. The fourth-order valence-corrected chi connectivity index (χ4v) is 4.50. The van der Waals surface area contributed by atoms with Crippen LogP contribution in [0.25, 0.3) is 0 Å². The number of morpholine rings is 1. The van der Waals surface area contributed by atoms with Crippen molar-refractivity contribution in [3.8, 4) is 0 Å². The highest BCUT2D eigenvalue weighted by Crippen LogP contribution is 2.22. The third kappa shape index (κ3) is 5.40. The molecule has 8 nitrogen and oxygen atoms in total. The first-order valence-electron chi connectivity index (χ1n) is 9.00. The summed E-state index contributed by atoms with van der Waals surface area (Å²) in [5, 5.41) is 2.53. The maximum absolute atomic E-state index is 12.9. The maximum Gasteiger partial charge on any atom is 0.338 e. The molecule has 154 valence electrons. The fourth-order valence-electron chi connectivity index (χ4n) is 2.86. The Hall–Kier alpha value is -2.23. The summed E-state index contributed by atoms with van der Waals surface area (Å²) in [6, 6.07) is 5.60. The van der Waals surface area contributed by atoms with Gasteiger partial charge in [0, 0.05) is 19.6 Å². The van der Waals surface area contributed by atoms with Crippen LogP contribution in [0.1, 0.15) is 31.1 Å². The predicted octanol–water partition coefficient (Wildman–Crippen LogP) is 1.33. The van der Waals surface area contributed by atoms with Crippen LogP contribution in [0.2, 0.25) is 0 Å². The molecule has 1 aliphatic heterocycles. The summed E-state index contributed by atoms with van der Waals surface area (Å²) < 4.78 is 38.0. The Morgan fingerprint density at radius 2 is 2.00 bits per heavy atom. The topological polar surface area (TPSA) is 102 Å². The zero-order valence-corrected chi connectivity index (χ0v) is 17.1. The van der Waals surface area contributed by atoms with Gasteiger partial charge in [0.15, 0.2) is 6.10 Å². The van der Waals surface area contributed by atoms with Gasteiger partial charge in [-0.25, -0.2) is 13.2 Å². The molecule has 1 heterocycles. The minimum Gasteiger partial charge on any atom is -0.449 e. The summed E-state index contributed by atoms with van der Waals surface area (Å²) in [5.41, 5.74) is 0.0544. The average molecular weight is 410 g/mol. The number of ether oxygens (including phenoxy) is 2. The van der Waals surface area contributed by atoms with Crippen LogP contribution in [0, 0.1) is 0 Å². The molecule has 2 rings (SSSR count). The fraction of sp³-hybridized carbons (Fsp3) is 0.474. The summed E-state index contributed by atoms with van der Waals surface area (Å²) in [7, 11) is -3.79. The van der Waals surface area contributed by atoms with Crippen molar-refractivity contribution in [1.82, 2.24) is 9.62 Å². The summed E-state index contributed by atoms with van der Waals surface area (Å²) in [6.45, 7) is 9.28. The first-order chi connectivity index (χ1) is 13.1. The summed E-state index contributed by atoms with van der Waals surface area (Å²) in [4.78, 5) is 24.1. The maximum atomic E-state index is 12.9. The molecule has 1 N–H and O–H groups in total. The van der Waals surface area contributed by atoms with E-state index in [0.29, 0.717) is 0 Å². The number of sulfonamides is 1. The van der Waals surface area contributed by atoms with Crippen molar-refractivity contribution in [2.75, 3.05) is 19.6 Å². The van der Waals surface area contributed by atoms with E-state index >= 15 is 0 Å². The minimum absolute atomic E-state index is 0.00740. The van der Waals surface area contributed by atoms with Gasteiger partial charge in [0.2, 0.25) is 10.0 Å². The summed E-state index contributed by atoms with van der Waals surface area (Å²) in [5.74, 6) is -1.24. The minimum atomic E-state index is -3.79. The lowest BCUT2D eigenvalue weighted by molar-refractivity contribution is -0.128. The van der Waals surface area contributed by atoms with Crippen molar-refractivity contribution >= 4 is 21.9 Å². The highest BCUT2D eigenvalue weighted by Gasteiger charge is 2.32. The third-order valence-electron chi connectivity index (χ3n) is 4.17. The predicted molar refractivity (Wildman–Crippen MR) is 103 cm³/mol. The van der Waals surface area contributed by atoms with Gasteiger partial charge in [0.25, 0.3) is 5.91 Å². The van der Waals surface area contributed by atoms with Crippen molar-refractivity contribution in [3.63, 3.8) is 0 Å². The number of esters is 1. The molecule has 0 aromatic heterocycles. The number of nitrogens with zero attached hydrogens (tertiary/aromatic N) is 1. The van der Waals surface area contributed by atoms with Crippen molar-refractivity contribution < 1.29 is 27.5 Å². The largest absolute Gasteiger partial charge is 0.449 e. The molecular weight excluding hydrogens is 384 g/mol. The van der Waals surface area contributed by atoms with E-state index in [1.165, 1.54) is 41.6 Å². The molecule has 0 radical (unpaired) electrons. The Morgan fingerprint density at radius 1 is 1.36 bits per heavy atom. The van der Waals surface area contributed by atoms with Crippen LogP contribution in [0.4, 0.5) is 0 Å². The van der Waals surface area contributed by atoms with Gasteiger partial charge in [0.05, 0.1) is 22.7 Å². The van der Waals surface area contributed by atoms with E-state index in [2.05, 4.69) is 11.9 Å². The number of carbonyl (C=O) groups excluding carboxylic acids is 2. The molecule has 0 bridgehead atoms. The SMILES string of the molecule is C=CCNC(=O)[C@H](C)OC(=O)c1cccc(S(=O)(=O)N2C[C@H](C)O[C@@H](C)C2)c1. The lowest BCUT2D eigenvalue weighted by atomic mass is 10.2. The zero-order valence-electron chi connectivity index (χ0n) is 16.3. The second kappa shape index (κ2) is 9.31. The van der Waals surface area contributed by atoms with Crippen molar-refractivity contribution in [2.24, 2.45) is 0 Å². The number of carbonyl (C=O) groups is 2. The molecule has 0 aliphatic carbocycles. The molecule has 1 aromatic carbocycles. The number of amides is 1. The van der Waals surface area contributed by atoms with Gasteiger partial charge in [-0.2, -0.15) is 4.31 Å². The molecule has 0 spiro atoms. The van der Waals surface area contributed by atoms with Gasteiger partial charge in [-0.05, 0) is 39.0 Å². The second-order valence-electron chi connectivity index (χ2n) is 6.69. The molecule has 0 unspecified atom stereocenters. The number of rotatable bonds is 7. The van der Waals surface area contributed by atoms with Gasteiger partial charge in [0.1, 0.15) is 0 Å². The van der Waals surface area contributed by atoms with Crippen LogP contribution >= 0.6 is 0 Å². The van der Waals surface area contributed by atoms with Gasteiger partial charge in [-0.15, -0.1) is 6.58 Å². The standard InChI is InChI=1S/C19H26N2O6S/c1-5-9-20-18(22)15(4)27-19(23)16-7-6-8-17(10-16)28(24,25)21-11-13(2)26-14(3)12-21/h5-8,10,13-15H,1,9,11-12H2,2-4H3,(H,20,22)/t13-,14-,15-/m0/s1. The van der Waals surface area contributed by atoms with Gasteiger partial charge >= 0.3 is 5.97 Å². The number of hydrogen-bond donors (Lipinski definition) is 1. The number of nitrogens with one attached hydrogen (secondary N) is 1. The summed E-state index contributed by atoms with van der Waals surface area (Å²) >= 11 is 0. The van der Waals surface area contributed by atoms with E-state index in [9.17, 15) is 18.0 Å². The second-order valence-corrected chi connectivity index (χ2v) is 8.63. The van der Waals surface area contributed by atoms with E-state index < -0.39 is 28.0 Å². The van der Waals surface area contributed by atoms with Crippen molar-refractivity contribution in [1.29, 1.82) is 0 Å². The first-order valence-corrected chi connectivity index (χ1v) is 10.4. The quantitative estimate of drug-likeness (QED) is 0.538. The van der Waals surface area contributed by atoms with E-state index in [-0.39, 0.29) is 42.3 Å². The highest BCUT2D eigenvalue weighted by atomic mass is 32.2. The molecule has 0 saturated carbocycles. The smallest absolute Gasteiger partial charge is 0.338 e. The van der Waals surface area contributed by atoms with E-state index in [4.69, 9.17) is 9.47 Å². The van der Waals surface area contributed by atoms with Crippen LogP contribution < -0.4 is 5.32 Å². The Labute approximate surface area is 165 Å². The van der Waals surface area contributed by atoms with Crippen LogP contribution in [0.3, 0.4) is 0 Å².